The van der Waals surface area contributed by atoms with Crippen LogP contribution in [-0.4, -0.2) is 11.7 Å². The molecular weight excluding hydrogens is 184 g/mol. The number of hydrogen-bond donors (Lipinski definition) is 1. The maximum atomic E-state index is 9.61. The third-order valence-corrected chi connectivity index (χ3v) is 2.93. The van der Waals surface area contributed by atoms with Crippen LogP contribution in [0.15, 0.2) is 42.5 Å². The highest BCUT2D eigenvalue weighted by Crippen LogP contribution is 2.29. The molecule has 0 aliphatic carbocycles. The summed E-state index contributed by atoms with van der Waals surface area (Å²) in [5.41, 5.74) is 0.997. The van der Waals surface area contributed by atoms with Crippen molar-refractivity contribution in [3.63, 3.8) is 0 Å². The molecule has 0 saturated carbocycles. The van der Waals surface area contributed by atoms with E-state index < -0.39 is 0 Å². The van der Waals surface area contributed by atoms with Crippen molar-refractivity contribution >= 4 is 0 Å². The van der Waals surface area contributed by atoms with E-state index in [0.29, 0.717) is 0 Å². The van der Waals surface area contributed by atoms with Gasteiger partial charge in [0, 0.05) is 5.41 Å². The summed E-state index contributed by atoms with van der Waals surface area (Å²) >= 11 is 0. The summed E-state index contributed by atoms with van der Waals surface area (Å²) in [7, 11) is 0. The largest absolute Gasteiger partial charge is 0.395 e. The molecular formula is C14H20O. The normalized spacial score (nSPS) is 15.4. The van der Waals surface area contributed by atoms with Gasteiger partial charge in [0.25, 0.3) is 0 Å². The molecule has 0 fully saturated rings. The van der Waals surface area contributed by atoms with Gasteiger partial charge < -0.3 is 5.11 Å². The summed E-state index contributed by atoms with van der Waals surface area (Å²) < 4.78 is 0. The summed E-state index contributed by atoms with van der Waals surface area (Å²) in [4.78, 5) is 0. The lowest BCUT2D eigenvalue weighted by atomic mass is 9.78. The molecule has 0 bridgehead atoms. The van der Waals surface area contributed by atoms with Gasteiger partial charge in [0.2, 0.25) is 0 Å². The second-order valence-electron chi connectivity index (χ2n) is 3.84. The predicted octanol–water partition coefficient (Wildman–Crippen LogP) is 3.29. The molecule has 0 saturated heterocycles. The van der Waals surface area contributed by atoms with Crippen molar-refractivity contribution in [2.75, 3.05) is 6.61 Å². The van der Waals surface area contributed by atoms with E-state index in [4.69, 9.17) is 0 Å². The van der Waals surface area contributed by atoms with E-state index in [1.165, 1.54) is 5.56 Å². The van der Waals surface area contributed by atoms with Crippen LogP contribution in [0.3, 0.4) is 0 Å². The van der Waals surface area contributed by atoms with Gasteiger partial charge in [-0.1, -0.05) is 56.3 Å². The summed E-state index contributed by atoms with van der Waals surface area (Å²) in [6.45, 7) is 4.40. The van der Waals surface area contributed by atoms with Crippen LogP contribution in [0.1, 0.15) is 32.3 Å². The molecule has 1 heteroatoms. The van der Waals surface area contributed by atoms with Crippen LogP contribution >= 0.6 is 0 Å². The first-order valence-corrected chi connectivity index (χ1v) is 5.63. The molecule has 1 nitrogen and oxygen atoms in total. The summed E-state index contributed by atoms with van der Waals surface area (Å²) in [5, 5.41) is 9.61. The molecule has 0 aromatic heterocycles. The minimum atomic E-state index is -0.197. The molecule has 1 unspecified atom stereocenters. The van der Waals surface area contributed by atoms with E-state index in [2.05, 4.69) is 38.1 Å². The Morgan fingerprint density at radius 2 is 1.87 bits per heavy atom. The maximum Gasteiger partial charge on any atom is 0.0562 e. The zero-order chi connectivity index (χ0) is 11.1. The van der Waals surface area contributed by atoms with Gasteiger partial charge in [-0.25, -0.2) is 0 Å². The quantitative estimate of drug-likeness (QED) is 0.730. The highest BCUT2D eigenvalue weighted by Gasteiger charge is 2.25. The van der Waals surface area contributed by atoms with E-state index in [1.807, 2.05) is 18.2 Å². The second kappa shape index (κ2) is 5.72. The Bertz CT molecular complexity index is 296. The molecule has 1 N–H and O–H groups in total. The van der Waals surface area contributed by atoms with Crippen molar-refractivity contribution in [3.8, 4) is 0 Å². The fourth-order valence-corrected chi connectivity index (χ4v) is 1.79. The maximum absolute atomic E-state index is 9.61. The average Bonchev–Trinajstić information content (AvgIpc) is 2.33. The van der Waals surface area contributed by atoms with E-state index in [1.54, 1.807) is 0 Å². The Kier molecular flexibility index (Phi) is 4.57. The summed E-state index contributed by atoms with van der Waals surface area (Å²) in [6, 6.07) is 10.2. The Morgan fingerprint density at radius 3 is 2.33 bits per heavy atom. The fourth-order valence-electron chi connectivity index (χ4n) is 1.79. The highest BCUT2D eigenvalue weighted by molar-refractivity contribution is 5.30. The topological polar surface area (TPSA) is 20.2 Å². The Balaban J connectivity index is 3.05. The monoisotopic (exact) mass is 204 g/mol. The van der Waals surface area contributed by atoms with Gasteiger partial charge in [-0.2, -0.15) is 0 Å². The van der Waals surface area contributed by atoms with Crippen LogP contribution in [0, 0.1) is 0 Å². The smallest absolute Gasteiger partial charge is 0.0562 e. The van der Waals surface area contributed by atoms with Crippen LogP contribution in [-0.2, 0) is 5.41 Å². The van der Waals surface area contributed by atoms with Crippen molar-refractivity contribution < 1.29 is 5.11 Å². The summed E-state index contributed by atoms with van der Waals surface area (Å²) in [6.07, 6.45) is 6.20. The van der Waals surface area contributed by atoms with E-state index >= 15 is 0 Å². The molecule has 0 amide bonds. The molecule has 0 radical (unpaired) electrons. The van der Waals surface area contributed by atoms with Crippen molar-refractivity contribution in [2.24, 2.45) is 0 Å². The molecule has 0 spiro atoms. The lowest BCUT2D eigenvalue weighted by molar-refractivity contribution is 0.220. The summed E-state index contributed by atoms with van der Waals surface area (Å²) in [5.74, 6) is 0. The molecule has 0 aliphatic heterocycles. The lowest BCUT2D eigenvalue weighted by Gasteiger charge is -2.27. The van der Waals surface area contributed by atoms with Crippen LogP contribution in [0.5, 0.6) is 0 Å². The molecule has 0 aliphatic rings. The first kappa shape index (κ1) is 12.0. The number of aliphatic hydroxyl groups excluding tert-OH is 1. The van der Waals surface area contributed by atoms with Crippen molar-refractivity contribution in [1.29, 1.82) is 0 Å². The van der Waals surface area contributed by atoms with Gasteiger partial charge in [-0.05, 0) is 18.4 Å². The van der Waals surface area contributed by atoms with Gasteiger partial charge in [-0.3, -0.25) is 0 Å². The van der Waals surface area contributed by atoms with Gasteiger partial charge in [-0.15, -0.1) is 0 Å². The third-order valence-electron chi connectivity index (χ3n) is 2.93. The van der Waals surface area contributed by atoms with E-state index in [0.717, 1.165) is 12.8 Å². The molecule has 0 heterocycles. The molecule has 82 valence electrons. The Hall–Kier alpha value is -1.08. The minimum Gasteiger partial charge on any atom is -0.395 e. The third kappa shape index (κ3) is 2.69. The number of benzene rings is 1. The van der Waals surface area contributed by atoms with Gasteiger partial charge >= 0.3 is 0 Å². The SMILES string of the molecule is CCC=CC(CC)(CO)c1ccccc1. The Morgan fingerprint density at radius 1 is 1.20 bits per heavy atom. The Labute approximate surface area is 92.5 Å². The number of allylic oxidation sites excluding steroid dienone is 1. The first-order chi connectivity index (χ1) is 7.29. The van der Waals surface area contributed by atoms with Crippen molar-refractivity contribution in [3.05, 3.63) is 48.0 Å². The second-order valence-corrected chi connectivity index (χ2v) is 3.84. The first-order valence-electron chi connectivity index (χ1n) is 5.63. The number of rotatable bonds is 5. The molecule has 15 heavy (non-hydrogen) atoms. The van der Waals surface area contributed by atoms with E-state index in [9.17, 15) is 5.11 Å². The fraction of sp³-hybridized carbons (Fsp3) is 0.429. The highest BCUT2D eigenvalue weighted by atomic mass is 16.3. The van der Waals surface area contributed by atoms with Gasteiger partial charge in [0.05, 0.1) is 6.61 Å². The van der Waals surface area contributed by atoms with Crippen LogP contribution in [0.2, 0.25) is 0 Å². The lowest BCUT2D eigenvalue weighted by Crippen LogP contribution is -2.27. The zero-order valence-corrected chi connectivity index (χ0v) is 9.61. The molecule has 1 atom stereocenters. The number of hydrogen-bond acceptors (Lipinski definition) is 1. The molecule has 1 aromatic rings. The van der Waals surface area contributed by atoms with Crippen molar-refractivity contribution in [1.82, 2.24) is 0 Å². The number of aliphatic hydroxyl groups is 1. The van der Waals surface area contributed by atoms with Crippen molar-refractivity contribution in [2.45, 2.75) is 32.1 Å². The zero-order valence-electron chi connectivity index (χ0n) is 9.61. The van der Waals surface area contributed by atoms with Gasteiger partial charge in [0.15, 0.2) is 0 Å². The average molecular weight is 204 g/mol. The standard InChI is InChI=1S/C14H20O/c1-3-5-11-14(4-2,12-15)13-9-7-6-8-10-13/h5-11,15H,3-4,12H2,1-2H3. The molecule has 1 aromatic carbocycles. The molecule has 1 rings (SSSR count). The van der Waals surface area contributed by atoms with Crippen LogP contribution in [0.4, 0.5) is 0 Å². The predicted molar refractivity (Wildman–Crippen MR) is 64.9 cm³/mol. The van der Waals surface area contributed by atoms with Gasteiger partial charge in [0.1, 0.15) is 0 Å². The van der Waals surface area contributed by atoms with Crippen LogP contribution < -0.4 is 0 Å². The minimum absolute atomic E-state index is 0.171. The van der Waals surface area contributed by atoms with E-state index in [-0.39, 0.29) is 12.0 Å². The van der Waals surface area contributed by atoms with Crippen LogP contribution in [0.25, 0.3) is 0 Å².